The van der Waals surface area contributed by atoms with Gasteiger partial charge in [0, 0.05) is 23.7 Å². The molecule has 1 fully saturated rings. The van der Waals surface area contributed by atoms with Crippen molar-refractivity contribution in [2.75, 3.05) is 6.54 Å². The Morgan fingerprint density at radius 2 is 1.55 bits per heavy atom. The van der Waals surface area contributed by atoms with Crippen molar-refractivity contribution in [3.8, 4) is 0 Å². The van der Waals surface area contributed by atoms with Crippen molar-refractivity contribution >= 4 is 11.8 Å². The average molecular weight is 302 g/mol. The molecule has 0 aromatic heterocycles. The van der Waals surface area contributed by atoms with Crippen LogP contribution >= 0.6 is 0 Å². The second kappa shape index (κ2) is 7.97. The van der Waals surface area contributed by atoms with Gasteiger partial charge in [0.1, 0.15) is 0 Å². The first kappa shape index (κ1) is 16.5. The van der Waals surface area contributed by atoms with Crippen LogP contribution in [0, 0.1) is 5.92 Å². The number of rotatable bonds is 5. The third kappa shape index (κ3) is 4.86. The minimum Gasteiger partial charge on any atom is -0.352 e. The Morgan fingerprint density at radius 1 is 1.00 bits per heavy atom. The van der Waals surface area contributed by atoms with E-state index in [1.54, 1.807) is 24.3 Å². The molecule has 0 atom stereocenters. The van der Waals surface area contributed by atoms with Crippen molar-refractivity contribution in [1.29, 1.82) is 0 Å². The van der Waals surface area contributed by atoms with Gasteiger partial charge < -0.3 is 10.6 Å². The monoisotopic (exact) mass is 302 g/mol. The molecule has 1 aliphatic carbocycles. The number of nitrogens with one attached hydrogen (secondary N) is 2. The van der Waals surface area contributed by atoms with Crippen LogP contribution in [0.2, 0.25) is 0 Å². The van der Waals surface area contributed by atoms with Gasteiger partial charge in [-0.05, 0) is 43.0 Å². The molecule has 2 N–H and O–H groups in total. The maximum Gasteiger partial charge on any atom is 0.251 e. The van der Waals surface area contributed by atoms with Crippen LogP contribution in [0.1, 0.15) is 66.7 Å². The van der Waals surface area contributed by atoms with Gasteiger partial charge in [0.25, 0.3) is 11.8 Å². The van der Waals surface area contributed by atoms with Gasteiger partial charge in [0.05, 0.1) is 0 Å². The Bertz CT molecular complexity index is 502. The first-order chi connectivity index (χ1) is 10.6. The molecule has 1 aliphatic rings. The molecule has 1 aromatic carbocycles. The number of benzene rings is 1. The molecule has 0 heterocycles. The van der Waals surface area contributed by atoms with E-state index < -0.39 is 0 Å². The van der Waals surface area contributed by atoms with Gasteiger partial charge in [-0.15, -0.1) is 0 Å². The minimum atomic E-state index is -0.0899. The zero-order valence-corrected chi connectivity index (χ0v) is 13.5. The van der Waals surface area contributed by atoms with Crippen LogP contribution in [-0.4, -0.2) is 24.4 Å². The van der Waals surface area contributed by atoms with E-state index in [0.717, 1.165) is 12.8 Å². The summed E-state index contributed by atoms with van der Waals surface area (Å²) in [5.74, 6) is 0.290. The zero-order chi connectivity index (χ0) is 15.9. The average Bonchev–Trinajstić information content (AvgIpc) is 2.53. The fraction of sp³-hybridized carbons (Fsp3) is 0.556. The number of carbonyl (C=O) groups is 2. The quantitative estimate of drug-likeness (QED) is 0.878. The second-order valence-electron chi connectivity index (χ2n) is 6.49. The molecule has 0 aliphatic heterocycles. The SMILES string of the molecule is CC(C)CNC(=O)c1ccc(C(=O)NC2CCCCC2)cc1. The molecule has 0 spiro atoms. The second-order valence-corrected chi connectivity index (χ2v) is 6.49. The summed E-state index contributed by atoms with van der Waals surface area (Å²) < 4.78 is 0. The highest BCUT2D eigenvalue weighted by Crippen LogP contribution is 2.18. The molecular weight excluding hydrogens is 276 g/mol. The third-order valence-electron chi connectivity index (χ3n) is 4.02. The number of hydrogen-bond donors (Lipinski definition) is 2. The van der Waals surface area contributed by atoms with Crippen molar-refractivity contribution < 1.29 is 9.59 Å². The number of amides is 2. The maximum absolute atomic E-state index is 12.2. The lowest BCUT2D eigenvalue weighted by Crippen LogP contribution is -2.36. The first-order valence-corrected chi connectivity index (χ1v) is 8.25. The molecule has 2 rings (SSSR count). The van der Waals surface area contributed by atoms with Crippen LogP contribution in [0.5, 0.6) is 0 Å². The van der Waals surface area contributed by atoms with Crippen molar-refractivity contribution in [2.45, 2.75) is 52.0 Å². The third-order valence-corrected chi connectivity index (χ3v) is 4.02. The Kier molecular flexibility index (Phi) is 5.99. The molecule has 0 bridgehead atoms. The summed E-state index contributed by atoms with van der Waals surface area (Å²) in [6.07, 6.45) is 5.80. The van der Waals surface area contributed by atoms with Gasteiger partial charge in [-0.25, -0.2) is 0 Å². The van der Waals surface area contributed by atoms with E-state index in [4.69, 9.17) is 0 Å². The van der Waals surface area contributed by atoms with Crippen LogP contribution in [0.3, 0.4) is 0 Å². The van der Waals surface area contributed by atoms with Gasteiger partial charge >= 0.3 is 0 Å². The molecule has 0 unspecified atom stereocenters. The molecular formula is C18H26N2O2. The van der Waals surface area contributed by atoms with Crippen molar-refractivity contribution in [3.05, 3.63) is 35.4 Å². The van der Waals surface area contributed by atoms with Crippen LogP contribution in [0.4, 0.5) is 0 Å². The lowest BCUT2D eigenvalue weighted by Gasteiger charge is -2.22. The Labute approximate surface area is 132 Å². The van der Waals surface area contributed by atoms with E-state index >= 15 is 0 Å². The summed E-state index contributed by atoms with van der Waals surface area (Å²) in [5.41, 5.74) is 1.21. The molecule has 4 heteroatoms. The van der Waals surface area contributed by atoms with Crippen molar-refractivity contribution in [1.82, 2.24) is 10.6 Å². The highest BCUT2D eigenvalue weighted by Gasteiger charge is 2.16. The van der Waals surface area contributed by atoms with Gasteiger partial charge in [-0.1, -0.05) is 33.1 Å². The minimum absolute atomic E-state index is 0.0407. The van der Waals surface area contributed by atoms with E-state index in [0.29, 0.717) is 29.6 Å². The highest BCUT2D eigenvalue weighted by molar-refractivity contribution is 5.97. The topological polar surface area (TPSA) is 58.2 Å². The molecule has 1 saturated carbocycles. The summed E-state index contributed by atoms with van der Waals surface area (Å²) in [6.45, 7) is 4.76. The van der Waals surface area contributed by atoms with E-state index in [-0.39, 0.29) is 11.8 Å². The molecule has 4 nitrogen and oxygen atoms in total. The fourth-order valence-corrected chi connectivity index (χ4v) is 2.69. The Hall–Kier alpha value is -1.84. The van der Waals surface area contributed by atoms with E-state index in [1.807, 2.05) is 0 Å². The summed E-state index contributed by atoms with van der Waals surface area (Å²) in [7, 11) is 0. The van der Waals surface area contributed by atoms with Crippen molar-refractivity contribution in [2.24, 2.45) is 5.92 Å². The summed E-state index contributed by atoms with van der Waals surface area (Å²) in [6, 6.07) is 7.18. The number of hydrogen-bond acceptors (Lipinski definition) is 2. The molecule has 2 amide bonds. The molecule has 0 saturated heterocycles. The fourth-order valence-electron chi connectivity index (χ4n) is 2.69. The normalized spacial score (nSPS) is 15.6. The lowest BCUT2D eigenvalue weighted by atomic mass is 9.95. The van der Waals surface area contributed by atoms with Gasteiger partial charge in [0.15, 0.2) is 0 Å². The molecule has 0 radical (unpaired) electrons. The first-order valence-electron chi connectivity index (χ1n) is 8.25. The van der Waals surface area contributed by atoms with Gasteiger partial charge in [0.2, 0.25) is 0 Å². The maximum atomic E-state index is 12.2. The standard InChI is InChI=1S/C18H26N2O2/c1-13(2)12-19-17(21)14-8-10-15(11-9-14)18(22)20-16-6-4-3-5-7-16/h8-11,13,16H,3-7,12H2,1-2H3,(H,19,21)(H,20,22). The summed E-state index contributed by atoms with van der Waals surface area (Å²) >= 11 is 0. The predicted octanol–water partition coefficient (Wildman–Crippen LogP) is 3.13. The smallest absolute Gasteiger partial charge is 0.251 e. The van der Waals surface area contributed by atoms with Crippen LogP contribution in [-0.2, 0) is 0 Å². The van der Waals surface area contributed by atoms with Crippen LogP contribution in [0.15, 0.2) is 24.3 Å². The summed E-state index contributed by atoms with van der Waals surface area (Å²) in [4.78, 5) is 24.1. The largest absolute Gasteiger partial charge is 0.352 e. The molecule has 22 heavy (non-hydrogen) atoms. The van der Waals surface area contributed by atoms with Gasteiger partial charge in [-0.2, -0.15) is 0 Å². The van der Waals surface area contributed by atoms with Crippen LogP contribution < -0.4 is 10.6 Å². The Morgan fingerprint density at radius 3 is 2.09 bits per heavy atom. The predicted molar refractivity (Wildman–Crippen MR) is 88.0 cm³/mol. The van der Waals surface area contributed by atoms with Crippen molar-refractivity contribution in [3.63, 3.8) is 0 Å². The van der Waals surface area contributed by atoms with E-state index in [9.17, 15) is 9.59 Å². The number of carbonyl (C=O) groups excluding carboxylic acids is 2. The Balaban J connectivity index is 1.90. The zero-order valence-electron chi connectivity index (χ0n) is 13.5. The molecule has 1 aromatic rings. The molecule has 120 valence electrons. The van der Waals surface area contributed by atoms with E-state index in [1.165, 1.54) is 19.3 Å². The van der Waals surface area contributed by atoms with Crippen LogP contribution in [0.25, 0.3) is 0 Å². The highest BCUT2D eigenvalue weighted by atomic mass is 16.2. The van der Waals surface area contributed by atoms with E-state index in [2.05, 4.69) is 24.5 Å². The summed E-state index contributed by atoms with van der Waals surface area (Å²) in [5, 5.41) is 5.96. The lowest BCUT2D eigenvalue weighted by molar-refractivity contribution is 0.0922. The van der Waals surface area contributed by atoms with Gasteiger partial charge in [-0.3, -0.25) is 9.59 Å².